The average Bonchev–Trinajstić information content (AvgIpc) is 2.12. The third-order valence-corrected chi connectivity index (χ3v) is 1.99. The van der Waals surface area contributed by atoms with Crippen LogP contribution >= 0.6 is 0 Å². The van der Waals surface area contributed by atoms with Gasteiger partial charge in [-0.05, 0) is 18.3 Å². The SMILES string of the molecule is CC(CCO[O-])(CCO[O-])CO[O-]. The Morgan fingerprint density at radius 1 is 0.923 bits per heavy atom. The Balaban J connectivity index is 3.84. The monoisotopic (exact) mass is 193 g/mol. The van der Waals surface area contributed by atoms with Crippen molar-refractivity contribution in [2.45, 2.75) is 19.8 Å². The molecule has 0 aliphatic carbocycles. The molecule has 0 aliphatic rings. The first-order valence-electron chi connectivity index (χ1n) is 3.93. The predicted molar refractivity (Wildman–Crippen MR) is 35.2 cm³/mol. The minimum absolute atomic E-state index is 0.0152. The zero-order chi connectivity index (χ0) is 10.2. The maximum absolute atomic E-state index is 9.93. The van der Waals surface area contributed by atoms with Crippen molar-refractivity contribution in [3.63, 3.8) is 0 Å². The van der Waals surface area contributed by atoms with Crippen LogP contribution in [0.2, 0.25) is 0 Å². The van der Waals surface area contributed by atoms with Gasteiger partial charge >= 0.3 is 0 Å². The maximum Gasteiger partial charge on any atom is 0.0396 e. The van der Waals surface area contributed by atoms with Crippen LogP contribution in [0.4, 0.5) is 0 Å². The van der Waals surface area contributed by atoms with Crippen molar-refractivity contribution in [2.75, 3.05) is 19.8 Å². The van der Waals surface area contributed by atoms with Crippen LogP contribution in [0.5, 0.6) is 0 Å². The van der Waals surface area contributed by atoms with Gasteiger partial charge in [0.1, 0.15) is 0 Å². The van der Waals surface area contributed by atoms with Crippen molar-refractivity contribution < 1.29 is 30.4 Å². The van der Waals surface area contributed by atoms with Gasteiger partial charge in [-0.15, -0.1) is 0 Å². The van der Waals surface area contributed by atoms with Gasteiger partial charge < -0.3 is 30.4 Å². The molecule has 0 atom stereocenters. The predicted octanol–water partition coefficient (Wildman–Crippen LogP) is -2.35. The van der Waals surface area contributed by atoms with E-state index >= 15 is 0 Å². The molecule has 0 saturated heterocycles. The molecule has 13 heavy (non-hydrogen) atoms. The largest absolute Gasteiger partial charge is 0.723 e. The van der Waals surface area contributed by atoms with Gasteiger partial charge in [0.15, 0.2) is 0 Å². The van der Waals surface area contributed by atoms with Gasteiger partial charge in [-0.3, -0.25) is 0 Å². The van der Waals surface area contributed by atoms with Crippen molar-refractivity contribution in [3.05, 3.63) is 0 Å². The van der Waals surface area contributed by atoms with Gasteiger partial charge in [0.2, 0.25) is 0 Å². The summed E-state index contributed by atoms with van der Waals surface area (Å²) in [7, 11) is 0. The molecule has 80 valence electrons. The highest BCUT2D eigenvalue weighted by atomic mass is 17.1. The lowest BCUT2D eigenvalue weighted by Crippen LogP contribution is -2.31. The Morgan fingerprint density at radius 2 is 1.38 bits per heavy atom. The third kappa shape index (κ3) is 5.92. The van der Waals surface area contributed by atoms with E-state index in [-0.39, 0.29) is 19.8 Å². The van der Waals surface area contributed by atoms with Crippen LogP contribution in [0, 0.1) is 5.41 Å². The summed E-state index contributed by atoms with van der Waals surface area (Å²) in [5, 5.41) is 29.4. The van der Waals surface area contributed by atoms with E-state index in [1.165, 1.54) is 0 Å². The second-order valence-corrected chi connectivity index (χ2v) is 3.22. The lowest BCUT2D eigenvalue weighted by atomic mass is 9.85. The molecule has 0 N–H and O–H groups in total. The maximum atomic E-state index is 9.93. The second-order valence-electron chi connectivity index (χ2n) is 3.22. The highest BCUT2D eigenvalue weighted by Gasteiger charge is 2.22. The molecule has 6 heteroatoms. The van der Waals surface area contributed by atoms with Crippen LogP contribution in [-0.4, -0.2) is 19.8 Å². The van der Waals surface area contributed by atoms with E-state index in [9.17, 15) is 15.8 Å². The van der Waals surface area contributed by atoms with Gasteiger partial charge in [0, 0.05) is 19.8 Å². The second kappa shape index (κ2) is 7.19. The molecule has 0 unspecified atom stereocenters. The molecule has 0 aromatic rings. The van der Waals surface area contributed by atoms with E-state index in [1.54, 1.807) is 6.92 Å². The molecule has 0 spiro atoms. The average molecular weight is 193 g/mol. The molecule has 0 saturated carbocycles. The summed E-state index contributed by atoms with van der Waals surface area (Å²) in [6.07, 6.45) is 0.726. The van der Waals surface area contributed by atoms with E-state index in [0.717, 1.165) is 0 Å². The van der Waals surface area contributed by atoms with Crippen molar-refractivity contribution in [2.24, 2.45) is 5.41 Å². The Labute approximate surface area is 76.4 Å². The quantitative estimate of drug-likeness (QED) is 0.316. The first kappa shape index (κ1) is 12.8. The van der Waals surface area contributed by atoms with Gasteiger partial charge in [-0.1, -0.05) is 6.92 Å². The molecule has 0 bridgehead atoms. The molecule has 0 rings (SSSR count). The lowest BCUT2D eigenvalue weighted by Gasteiger charge is -2.31. The van der Waals surface area contributed by atoms with E-state index in [0.29, 0.717) is 12.8 Å². The first-order valence-corrected chi connectivity index (χ1v) is 3.93. The van der Waals surface area contributed by atoms with Gasteiger partial charge in [-0.2, -0.15) is 0 Å². The molecule has 0 fully saturated rings. The van der Waals surface area contributed by atoms with E-state index in [4.69, 9.17) is 0 Å². The fraction of sp³-hybridized carbons (Fsp3) is 1.00. The molecule has 0 aromatic heterocycles. The molecule has 0 aliphatic heterocycles. The van der Waals surface area contributed by atoms with Crippen LogP contribution in [-0.2, 0) is 14.7 Å². The fourth-order valence-corrected chi connectivity index (χ4v) is 0.988. The van der Waals surface area contributed by atoms with Crippen LogP contribution < -0.4 is 15.8 Å². The standard InChI is InChI=1S/C7H16O6/c1-7(6-13-10,2-4-11-8)3-5-12-9/h8-10H,2-6H2,1H3/p-3. The summed E-state index contributed by atoms with van der Waals surface area (Å²) >= 11 is 0. The van der Waals surface area contributed by atoms with Crippen LogP contribution in [0.1, 0.15) is 19.8 Å². The molecule has 6 nitrogen and oxygen atoms in total. The Bertz CT molecular complexity index is 110. The number of hydrogen-bond donors (Lipinski definition) is 0. The van der Waals surface area contributed by atoms with E-state index < -0.39 is 5.41 Å². The summed E-state index contributed by atoms with van der Waals surface area (Å²) < 4.78 is 0. The molecule has 0 heterocycles. The number of hydrogen-bond acceptors (Lipinski definition) is 6. The number of rotatable bonds is 8. The topological polar surface area (TPSA) is 96.9 Å². The fourth-order valence-electron chi connectivity index (χ4n) is 0.988. The van der Waals surface area contributed by atoms with Gasteiger partial charge in [0.05, 0.1) is 0 Å². The van der Waals surface area contributed by atoms with Crippen LogP contribution in [0.25, 0.3) is 0 Å². The normalized spacial score (nSPS) is 12.0. The summed E-state index contributed by atoms with van der Waals surface area (Å²) in [5.74, 6) is 0. The Kier molecular flexibility index (Phi) is 7.06. The highest BCUT2D eigenvalue weighted by Crippen LogP contribution is 2.25. The minimum Gasteiger partial charge on any atom is -0.723 e. The van der Waals surface area contributed by atoms with Crippen LogP contribution in [0.15, 0.2) is 0 Å². The van der Waals surface area contributed by atoms with Crippen molar-refractivity contribution >= 4 is 0 Å². The molecule has 0 amide bonds. The van der Waals surface area contributed by atoms with Gasteiger partial charge in [0.25, 0.3) is 0 Å². The highest BCUT2D eigenvalue weighted by molar-refractivity contribution is 4.72. The van der Waals surface area contributed by atoms with Crippen LogP contribution in [0.3, 0.4) is 0 Å². The zero-order valence-electron chi connectivity index (χ0n) is 7.49. The summed E-state index contributed by atoms with van der Waals surface area (Å²) in [5.41, 5.74) is -0.531. The lowest BCUT2D eigenvalue weighted by molar-refractivity contribution is -0.699. The summed E-state index contributed by atoms with van der Waals surface area (Å²) in [6.45, 7) is 1.63. The molecule has 0 radical (unpaired) electrons. The third-order valence-electron chi connectivity index (χ3n) is 1.99. The minimum atomic E-state index is -0.531. The molecular weight excluding hydrogens is 180 g/mol. The summed E-state index contributed by atoms with van der Waals surface area (Å²) in [6, 6.07) is 0. The molecular formula is C7H13O6-3. The van der Waals surface area contributed by atoms with Crippen molar-refractivity contribution in [1.82, 2.24) is 0 Å². The smallest absolute Gasteiger partial charge is 0.0396 e. The van der Waals surface area contributed by atoms with Gasteiger partial charge in [-0.25, -0.2) is 0 Å². The van der Waals surface area contributed by atoms with E-state index in [2.05, 4.69) is 14.7 Å². The Morgan fingerprint density at radius 3 is 1.69 bits per heavy atom. The molecule has 0 aromatic carbocycles. The Hall–Kier alpha value is -0.240. The zero-order valence-corrected chi connectivity index (χ0v) is 7.49. The first-order chi connectivity index (χ1) is 6.18. The summed E-state index contributed by atoms with van der Waals surface area (Å²) in [4.78, 5) is 11.0. The van der Waals surface area contributed by atoms with Crippen molar-refractivity contribution in [3.8, 4) is 0 Å². The van der Waals surface area contributed by atoms with Crippen molar-refractivity contribution in [1.29, 1.82) is 0 Å². The van der Waals surface area contributed by atoms with E-state index in [1.807, 2.05) is 0 Å².